The van der Waals surface area contributed by atoms with Gasteiger partial charge in [0, 0.05) is 17.7 Å². The molecule has 4 rings (SSSR count). The summed E-state index contributed by atoms with van der Waals surface area (Å²) < 4.78 is 25.4. The summed E-state index contributed by atoms with van der Waals surface area (Å²) in [6, 6.07) is 20.6. The molecule has 0 saturated carbocycles. The van der Waals surface area contributed by atoms with Gasteiger partial charge in [0.05, 0.1) is 23.0 Å². The highest BCUT2D eigenvalue weighted by atomic mass is 32.2. The molecule has 0 unspecified atom stereocenters. The SMILES string of the molecule is Cc1ccc(C(=O)NCc2ccc(-c3nc4ccccc4[nH]3)cc2)cc1NS(C)(=O)=O. The number of imidazole rings is 1. The Labute approximate surface area is 180 Å². The molecule has 0 atom stereocenters. The van der Waals surface area contributed by atoms with Crippen LogP contribution in [0.2, 0.25) is 0 Å². The maximum atomic E-state index is 12.5. The van der Waals surface area contributed by atoms with E-state index in [1.165, 1.54) is 6.07 Å². The number of aryl methyl sites for hydroxylation is 1. The zero-order valence-corrected chi connectivity index (χ0v) is 18.0. The number of nitrogens with one attached hydrogen (secondary N) is 3. The monoisotopic (exact) mass is 434 g/mol. The van der Waals surface area contributed by atoms with Gasteiger partial charge in [-0.25, -0.2) is 13.4 Å². The van der Waals surface area contributed by atoms with Crippen LogP contribution in [-0.4, -0.2) is 30.5 Å². The maximum absolute atomic E-state index is 12.5. The van der Waals surface area contributed by atoms with Crippen LogP contribution < -0.4 is 10.0 Å². The third kappa shape index (κ3) is 4.92. The van der Waals surface area contributed by atoms with Crippen LogP contribution in [0.1, 0.15) is 21.5 Å². The normalized spacial score (nSPS) is 11.4. The lowest BCUT2D eigenvalue weighted by Gasteiger charge is -2.11. The molecule has 1 heterocycles. The number of para-hydroxylation sites is 2. The number of rotatable bonds is 6. The minimum absolute atomic E-state index is 0.280. The Balaban J connectivity index is 1.43. The van der Waals surface area contributed by atoms with Crippen molar-refractivity contribution in [1.82, 2.24) is 15.3 Å². The lowest BCUT2D eigenvalue weighted by Crippen LogP contribution is -2.23. The first kappa shape index (κ1) is 20.6. The lowest BCUT2D eigenvalue weighted by atomic mass is 10.1. The number of aromatic amines is 1. The Morgan fingerprint density at radius 3 is 2.48 bits per heavy atom. The zero-order chi connectivity index (χ0) is 22.0. The highest BCUT2D eigenvalue weighted by Gasteiger charge is 2.11. The number of nitrogens with zero attached hydrogens (tertiary/aromatic N) is 1. The van der Waals surface area contributed by atoms with Crippen LogP contribution in [0.4, 0.5) is 5.69 Å². The van der Waals surface area contributed by atoms with E-state index in [1.807, 2.05) is 48.5 Å². The molecule has 4 aromatic rings. The number of amides is 1. The molecule has 1 amide bonds. The first-order valence-electron chi connectivity index (χ1n) is 9.69. The van der Waals surface area contributed by atoms with Crippen molar-refractivity contribution >= 4 is 32.7 Å². The molecule has 0 radical (unpaired) electrons. The fourth-order valence-corrected chi connectivity index (χ4v) is 3.85. The Bertz CT molecular complexity index is 1330. The summed E-state index contributed by atoms with van der Waals surface area (Å²) in [5.74, 6) is 0.514. The van der Waals surface area contributed by atoms with Crippen LogP contribution in [0.15, 0.2) is 66.7 Å². The van der Waals surface area contributed by atoms with Gasteiger partial charge in [-0.1, -0.05) is 42.5 Å². The molecule has 158 valence electrons. The van der Waals surface area contributed by atoms with E-state index < -0.39 is 10.0 Å². The second kappa shape index (κ2) is 8.23. The van der Waals surface area contributed by atoms with Gasteiger partial charge in [0.2, 0.25) is 10.0 Å². The summed E-state index contributed by atoms with van der Waals surface area (Å²) in [4.78, 5) is 20.4. The number of sulfonamides is 1. The topological polar surface area (TPSA) is 104 Å². The number of hydrogen-bond acceptors (Lipinski definition) is 4. The highest BCUT2D eigenvalue weighted by Crippen LogP contribution is 2.21. The Morgan fingerprint density at radius 1 is 1.03 bits per heavy atom. The molecule has 0 aliphatic carbocycles. The van der Waals surface area contributed by atoms with E-state index in [9.17, 15) is 13.2 Å². The third-order valence-corrected chi connectivity index (χ3v) is 5.46. The summed E-state index contributed by atoms with van der Waals surface area (Å²) in [6.45, 7) is 2.13. The van der Waals surface area contributed by atoms with Crippen LogP contribution in [0.3, 0.4) is 0 Å². The molecule has 1 aromatic heterocycles. The van der Waals surface area contributed by atoms with Crippen molar-refractivity contribution in [1.29, 1.82) is 0 Å². The number of anilines is 1. The van der Waals surface area contributed by atoms with E-state index in [0.29, 0.717) is 17.8 Å². The predicted octanol–water partition coefficient (Wildman–Crippen LogP) is 3.84. The molecule has 0 saturated heterocycles. The van der Waals surface area contributed by atoms with Gasteiger partial charge in [-0.3, -0.25) is 9.52 Å². The summed E-state index contributed by atoms with van der Waals surface area (Å²) in [7, 11) is -3.42. The van der Waals surface area contributed by atoms with Crippen LogP contribution in [0, 0.1) is 6.92 Å². The van der Waals surface area contributed by atoms with E-state index in [0.717, 1.165) is 39.8 Å². The molecule has 0 aliphatic heterocycles. The van der Waals surface area contributed by atoms with Gasteiger partial charge in [0.25, 0.3) is 5.91 Å². The Morgan fingerprint density at radius 2 is 1.77 bits per heavy atom. The number of fused-ring (bicyclic) bond motifs is 1. The number of H-pyrrole nitrogens is 1. The van der Waals surface area contributed by atoms with Crippen molar-refractivity contribution in [2.75, 3.05) is 11.0 Å². The molecule has 8 heteroatoms. The van der Waals surface area contributed by atoms with Gasteiger partial charge in [-0.05, 0) is 42.3 Å². The van der Waals surface area contributed by atoms with Crippen molar-refractivity contribution in [2.24, 2.45) is 0 Å². The molecular formula is C23H22N4O3S. The molecule has 0 fully saturated rings. The van der Waals surface area contributed by atoms with Gasteiger partial charge in [-0.2, -0.15) is 0 Å². The standard InChI is InChI=1S/C23H22N4O3S/c1-15-7-10-18(13-21(15)27-31(2,29)30)23(28)24-14-16-8-11-17(12-9-16)22-25-19-5-3-4-6-20(19)26-22/h3-13,27H,14H2,1-2H3,(H,24,28)(H,25,26). The average Bonchev–Trinajstić information content (AvgIpc) is 3.17. The second-order valence-corrected chi connectivity index (χ2v) is 9.13. The van der Waals surface area contributed by atoms with Crippen LogP contribution in [-0.2, 0) is 16.6 Å². The third-order valence-electron chi connectivity index (χ3n) is 4.86. The minimum atomic E-state index is -3.42. The quantitative estimate of drug-likeness (QED) is 0.429. The summed E-state index contributed by atoms with van der Waals surface area (Å²) in [5, 5.41) is 2.87. The van der Waals surface area contributed by atoms with Gasteiger partial charge < -0.3 is 10.3 Å². The summed E-state index contributed by atoms with van der Waals surface area (Å²) in [5.41, 5.74) is 5.31. The minimum Gasteiger partial charge on any atom is -0.348 e. The van der Waals surface area contributed by atoms with E-state index in [-0.39, 0.29) is 5.91 Å². The molecular weight excluding hydrogens is 412 g/mol. The number of carbonyl (C=O) groups is 1. The van der Waals surface area contributed by atoms with Crippen molar-refractivity contribution in [3.8, 4) is 11.4 Å². The first-order valence-corrected chi connectivity index (χ1v) is 11.6. The predicted molar refractivity (Wildman–Crippen MR) is 122 cm³/mol. The van der Waals surface area contributed by atoms with E-state index >= 15 is 0 Å². The lowest BCUT2D eigenvalue weighted by molar-refractivity contribution is 0.0951. The summed E-state index contributed by atoms with van der Waals surface area (Å²) in [6.07, 6.45) is 1.08. The fraction of sp³-hybridized carbons (Fsp3) is 0.130. The molecule has 0 aliphatic rings. The molecule has 0 spiro atoms. The van der Waals surface area contributed by atoms with E-state index in [4.69, 9.17) is 0 Å². The molecule has 7 nitrogen and oxygen atoms in total. The second-order valence-electron chi connectivity index (χ2n) is 7.39. The highest BCUT2D eigenvalue weighted by molar-refractivity contribution is 7.92. The average molecular weight is 435 g/mol. The Kier molecular flexibility index (Phi) is 5.48. The van der Waals surface area contributed by atoms with Gasteiger partial charge in [-0.15, -0.1) is 0 Å². The van der Waals surface area contributed by atoms with Crippen LogP contribution >= 0.6 is 0 Å². The first-order chi connectivity index (χ1) is 14.8. The van der Waals surface area contributed by atoms with Gasteiger partial charge in [0.1, 0.15) is 5.82 Å². The van der Waals surface area contributed by atoms with Crippen molar-refractivity contribution in [3.05, 3.63) is 83.4 Å². The zero-order valence-electron chi connectivity index (χ0n) is 17.1. The van der Waals surface area contributed by atoms with Crippen molar-refractivity contribution in [3.63, 3.8) is 0 Å². The molecule has 3 aromatic carbocycles. The summed E-state index contributed by atoms with van der Waals surface area (Å²) >= 11 is 0. The fourth-order valence-electron chi connectivity index (χ4n) is 3.23. The van der Waals surface area contributed by atoms with Crippen LogP contribution in [0.25, 0.3) is 22.4 Å². The van der Waals surface area contributed by atoms with Crippen molar-refractivity contribution in [2.45, 2.75) is 13.5 Å². The number of benzene rings is 3. The van der Waals surface area contributed by atoms with Crippen molar-refractivity contribution < 1.29 is 13.2 Å². The van der Waals surface area contributed by atoms with E-state index in [2.05, 4.69) is 20.0 Å². The number of hydrogen-bond donors (Lipinski definition) is 3. The van der Waals surface area contributed by atoms with Gasteiger partial charge in [0.15, 0.2) is 0 Å². The van der Waals surface area contributed by atoms with Crippen LogP contribution in [0.5, 0.6) is 0 Å². The van der Waals surface area contributed by atoms with Gasteiger partial charge >= 0.3 is 0 Å². The molecule has 3 N–H and O–H groups in total. The largest absolute Gasteiger partial charge is 0.348 e. The molecule has 31 heavy (non-hydrogen) atoms. The smallest absolute Gasteiger partial charge is 0.251 e. The number of aromatic nitrogens is 2. The van der Waals surface area contributed by atoms with E-state index in [1.54, 1.807) is 19.1 Å². The number of carbonyl (C=O) groups excluding carboxylic acids is 1. The Hall–Kier alpha value is -3.65. The maximum Gasteiger partial charge on any atom is 0.251 e. The molecule has 0 bridgehead atoms.